The standard InChI is InChI=1S/C12H18N2O3/c1-10(15)14-6-4-13(5-7-14)9-11(16)12-3-2-8-17-12/h2-3,8,11,16H,4-7,9H2,1H3. The van der Waals surface area contributed by atoms with Gasteiger partial charge in [-0.2, -0.15) is 0 Å². The molecule has 1 aliphatic rings. The van der Waals surface area contributed by atoms with Crippen LogP contribution in [0.2, 0.25) is 0 Å². The minimum absolute atomic E-state index is 0.122. The molecule has 5 heteroatoms. The molecule has 1 fully saturated rings. The predicted molar refractivity (Wildman–Crippen MR) is 62.4 cm³/mol. The van der Waals surface area contributed by atoms with Crippen LogP contribution in [-0.2, 0) is 4.79 Å². The summed E-state index contributed by atoms with van der Waals surface area (Å²) >= 11 is 0. The van der Waals surface area contributed by atoms with Gasteiger partial charge in [0.15, 0.2) is 0 Å². The first-order chi connectivity index (χ1) is 8.16. The molecular weight excluding hydrogens is 220 g/mol. The Morgan fingerprint density at radius 1 is 1.47 bits per heavy atom. The van der Waals surface area contributed by atoms with E-state index in [9.17, 15) is 9.90 Å². The molecule has 2 rings (SSSR count). The number of rotatable bonds is 3. The lowest BCUT2D eigenvalue weighted by Gasteiger charge is -2.34. The van der Waals surface area contributed by atoms with E-state index in [0.717, 1.165) is 26.2 Å². The number of β-amino-alcohol motifs (C(OH)–C–C–N with tert-alkyl or cyclic N) is 1. The van der Waals surface area contributed by atoms with E-state index in [1.807, 2.05) is 4.90 Å². The van der Waals surface area contributed by atoms with Gasteiger partial charge in [0.25, 0.3) is 0 Å². The third-order valence-corrected chi connectivity index (χ3v) is 3.12. The summed E-state index contributed by atoms with van der Waals surface area (Å²) in [4.78, 5) is 15.1. The van der Waals surface area contributed by atoms with Crippen LogP contribution in [0, 0.1) is 0 Å². The van der Waals surface area contributed by atoms with E-state index < -0.39 is 6.10 Å². The number of piperazine rings is 1. The summed E-state index contributed by atoms with van der Waals surface area (Å²) in [6.07, 6.45) is 0.973. The van der Waals surface area contributed by atoms with Gasteiger partial charge in [0.2, 0.25) is 5.91 Å². The average Bonchev–Trinajstić information content (AvgIpc) is 2.83. The fraction of sp³-hybridized carbons (Fsp3) is 0.583. The van der Waals surface area contributed by atoms with Crippen molar-refractivity contribution in [2.24, 2.45) is 0 Å². The van der Waals surface area contributed by atoms with E-state index in [4.69, 9.17) is 4.42 Å². The van der Waals surface area contributed by atoms with Crippen molar-refractivity contribution in [1.29, 1.82) is 0 Å². The van der Waals surface area contributed by atoms with Crippen molar-refractivity contribution in [2.75, 3.05) is 32.7 Å². The van der Waals surface area contributed by atoms with Crippen molar-refractivity contribution in [2.45, 2.75) is 13.0 Å². The lowest BCUT2D eigenvalue weighted by atomic mass is 10.2. The minimum Gasteiger partial charge on any atom is -0.467 e. The van der Waals surface area contributed by atoms with Gasteiger partial charge < -0.3 is 14.4 Å². The van der Waals surface area contributed by atoms with Gasteiger partial charge in [-0.3, -0.25) is 9.69 Å². The number of carbonyl (C=O) groups is 1. The Morgan fingerprint density at radius 2 is 2.18 bits per heavy atom. The van der Waals surface area contributed by atoms with Crippen LogP contribution in [0.5, 0.6) is 0 Å². The molecule has 1 N–H and O–H groups in total. The second-order valence-electron chi connectivity index (χ2n) is 4.34. The normalized spacial score (nSPS) is 19.3. The van der Waals surface area contributed by atoms with Crippen LogP contribution >= 0.6 is 0 Å². The Morgan fingerprint density at radius 3 is 2.71 bits per heavy atom. The fourth-order valence-corrected chi connectivity index (χ4v) is 2.06. The Hall–Kier alpha value is -1.33. The van der Waals surface area contributed by atoms with Gasteiger partial charge >= 0.3 is 0 Å². The van der Waals surface area contributed by atoms with Crippen LogP contribution < -0.4 is 0 Å². The number of furan rings is 1. The van der Waals surface area contributed by atoms with E-state index >= 15 is 0 Å². The molecule has 94 valence electrons. The van der Waals surface area contributed by atoms with Crippen molar-refractivity contribution < 1.29 is 14.3 Å². The molecule has 1 saturated heterocycles. The molecule has 0 spiro atoms. The van der Waals surface area contributed by atoms with E-state index in [0.29, 0.717) is 12.3 Å². The highest BCUT2D eigenvalue weighted by Crippen LogP contribution is 2.15. The Labute approximate surface area is 101 Å². The smallest absolute Gasteiger partial charge is 0.219 e. The lowest BCUT2D eigenvalue weighted by Crippen LogP contribution is -2.48. The van der Waals surface area contributed by atoms with Gasteiger partial charge in [-0.05, 0) is 12.1 Å². The molecule has 2 heterocycles. The van der Waals surface area contributed by atoms with E-state index in [2.05, 4.69) is 4.90 Å². The summed E-state index contributed by atoms with van der Waals surface area (Å²) in [6.45, 7) is 5.22. The quantitative estimate of drug-likeness (QED) is 0.832. The number of hydrogen-bond acceptors (Lipinski definition) is 4. The molecule has 0 aliphatic carbocycles. The summed E-state index contributed by atoms with van der Waals surface area (Å²) in [6, 6.07) is 3.54. The van der Waals surface area contributed by atoms with Gasteiger partial charge in [-0.25, -0.2) is 0 Å². The maximum atomic E-state index is 11.2. The zero-order valence-corrected chi connectivity index (χ0v) is 10.0. The number of aliphatic hydroxyl groups is 1. The van der Waals surface area contributed by atoms with Gasteiger partial charge in [-0.15, -0.1) is 0 Å². The monoisotopic (exact) mass is 238 g/mol. The second-order valence-corrected chi connectivity index (χ2v) is 4.34. The van der Waals surface area contributed by atoms with E-state index in [1.165, 1.54) is 0 Å². The van der Waals surface area contributed by atoms with Crippen molar-refractivity contribution in [3.63, 3.8) is 0 Å². The summed E-state index contributed by atoms with van der Waals surface area (Å²) < 4.78 is 5.15. The molecule has 1 unspecified atom stereocenters. The Balaban J connectivity index is 1.80. The summed E-state index contributed by atoms with van der Waals surface area (Å²) in [5, 5.41) is 9.92. The largest absolute Gasteiger partial charge is 0.467 e. The highest BCUT2D eigenvalue weighted by molar-refractivity contribution is 5.73. The number of amides is 1. The first-order valence-electron chi connectivity index (χ1n) is 5.86. The third-order valence-electron chi connectivity index (χ3n) is 3.12. The summed E-state index contributed by atoms with van der Waals surface area (Å²) in [5.74, 6) is 0.718. The molecule has 0 saturated carbocycles. The Kier molecular flexibility index (Phi) is 3.81. The predicted octanol–water partition coefficient (Wildman–Crippen LogP) is 0.477. The SMILES string of the molecule is CC(=O)N1CCN(CC(O)c2ccco2)CC1. The molecule has 1 aromatic rings. The number of carbonyl (C=O) groups excluding carboxylic acids is 1. The lowest BCUT2D eigenvalue weighted by molar-refractivity contribution is -0.130. The van der Waals surface area contributed by atoms with Crippen LogP contribution in [0.3, 0.4) is 0 Å². The number of aliphatic hydroxyl groups excluding tert-OH is 1. The average molecular weight is 238 g/mol. The van der Waals surface area contributed by atoms with Gasteiger partial charge in [0.05, 0.1) is 6.26 Å². The topological polar surface area (TPSA) is 56.9 Å². The molecule has 1 amide bonds. The van der Waals surface area contributed by atoms with Gasteiger partial charge in [-0.1, -0.05) is 0 Å². The first kappa shape index (κ1) is 12.1. The van der Waals surface area contributed by atoms with E-state index in [-0.39, 0.29) is 5.91 Å². The molecular formula is C12H18N2O3. The summed E-state index contributed by atoms with van der Waals surface area (Å²) in [5.41, 5.74) is 0. The highest BCUT2D eigenvalue weighted by atomic mass is 16.4. The van der Waals surface area contributed by atoms with E-state index in [1.54, 1.807) is 25.3 Å². The van der Waals surface area contributed by atoms with Crippen LogP contribution in [0.4, 0.5) is 0 Å². The fourth-order valence-electron chi connectivity index (χ4n) is 2.06. The molecule has 0 bridgehead atoms. The first-order valence-corrected chi connectivity index (χ1v) is 5.86. The van der Waals surface area contributed by atoms with Crippen molar-refractivity contribution in [1.82, 2.24) is 9.80 Å². The minimum atomic E-state index is -0.589. The Bertz CT molecular complexity index is 356. The second kappa shape index (κ2) is 5.33. The van der Waals surface area contributed by atoms with Crippen LogP contribution in [-0.4, -0.2) is 53.5 Å². The molecule has 5 nitrogen and oxygen atoms in total. The zero-order valence-electron chi connectivity index (χ0n) is 10.0. The number of hydrogen-bond donors (Lipinski definition) is 1. The molecule has 1 aromatic heterocycles. The van der Waals surface area contributed by atoms with Crippen LogP contribution in [0.25, 0.3) is 0 Å². The molecule has 1 atom stereocenters. The van der Waals surface area contributed by atoms with Gasteiger partial charge in [0, 0.05) is 39.6 Å². The molecule has 1 aliphatic heterocycles. The van der Waals surface area contributed by atoms with Crippen molar-refractivity contribution >= 4 is 5.91 Å². The maximum absolute atomic E-state index is 11.2. The highest BCUT2D eigenvalue weighted by Gasteiger charge is 2.21. The van der Waals surface area contributed by atoms with Gasteiger partial charge in [0.1, 0.15) is 11.9 Å². The maximum Gasteiger partial charge on any atom is 0.219 e. The van der Waals surface area contributed by atoms with Crippen LogP contribution in [0.15, 0.2) is 22.8 Å². The summed E-state index contributed by atoms with van der Waals surface area (Å²) in [7, 11) is 0. The molecule has 0 aromatic carbocycles. The third kappa shape index (κ3) is 3.08. The van der Waals surface area contributed by atoms with Crippen molar-refractivity contribution in [3.05, 3.63) is 24.2 Å². The zero-order chi connectivity index (χ0) is 12.3. The number of nitrogens with zero attached hydrogens (tertiary/aromatic N) is 2. The van der Waals surface area contributed by atoms with Crippen molar-refractivity contribution in [3.8, 4) is 0 Å². The molecule has 0 radical (unpaired) electrons. The van der Waals surface area contributed by atoms with Crippen LogP contribution in [0.1, 0.15) is 18.8 Å². The molecule has 17 heavy (non-hydrogen) atoms.